The van der Waals surface area contributed by atoms with E-state index in [0.29, 0.717) is 17.1 Å². The van der Waals surface area contributed by atoms with Gasteiger partial charge in [-0.3, -0.25) is 0 Å². The van der Waals surface area contributed by atoms with Gasteiger partial charge in [0.1, 0.15) is 17.3 Å². The Bertz CT molecular complexity index is 762. The predicted molar refractivity (Wildman–Crippen MR) is 80.0 cm³/mol. The van der Waals surface area contributed by atoms with E-state index in [1.807, 2.05) is 0 Å². The van der Waals surface area contributed by atoms with Crippen LogP contribution in [0.4, 0.5) is 4.39 Å². The molecule has 7 heteroatoms. The summed E-state index contributed by atoms with van der Waals surface area (Å²) in [6.07, 6.45) is 0. The first-order valence-electron chi connectivity index (χ1n) is 6.42. The van der Waals surface area contributed by atoms with Crippen molar-refractivity contribution < 1.29 is 22.3 Å². The van der Waals surface area contributed by atoms with Gasteiger partial charge in [0.05, 0.1) is 19.1 Å². The topological polar surface area (TPSA) is 64.6 Å². The molecule has 0 saturated carbocycles. The number of benzene rings is 2. The molecule has 2 rings (SSSR count). The molecule has 118 valence electrons. The minimum atomic E-state index is -3.81. The second kappa shape index (κ2) is 6.76. The van der Waals surface area contributed by atoms with Crippen molar-refractivity contribution in [3.63, 3.8) is 0 Å². The number of sulfonamides is 1. The second-order valence-corrected chi connectivity index (χ2v) is 6.23. The quantitative estimate of drug-likeness (QED) is 0.885. The first-order chi connectivity index (χ1) is 10.5. The molecular formula is C15H16FNO4S. The smallest absolute Gasteiger partial charge is 0.240 e. The van der Waals surface area contributed by atoms with Crippen LogP contribution in [0.1, 0.15) is 5.56 Å². The van der Waals surface area contributed by atoms with Crippen molar-refractivity contribution in [2.45, 2.75) is 11.4 Å². The lowest BCUT2D eigenvalue weighted by atomic mass is 10.2. The van der Waals surface area contributed by atoms with Crippen LogP contribution in [0.5, 0.6) is 11.5 Å². The second-order valence-electron chi connectivity index (χ2n) is 4.46. The van der Waals surface area contributed by atoms with E-state index in [9.17, 15) is 12.8 Å². The number of methoxy groups -OCH3 is 2. The van der Waals surface area contributed by atoms with Gasteiger partial charge < -0.3 is 9.47 Å². The molecule has 0 aliphatic carbocycles. The average Bonchev–Trinajstić information content (AvgIpc) is 2.52. The number of hydrogen-bond acceptors (Lipinski definition) is 4. The summed E-state index contributed by atoms with van der Waals surface area (Å²) in [5, 5.41) is 0. The largest absolute Gasteiger partial charge is 0.497 e. The van der Waals surface area contributed by atoms with Crippen molar-refractivity contribution in [2.24, 2.45) is 0 Å². The van der Waals surface area contributed by atoms with Gasteiger partial charge >= 0.3 is 0 Å². The van der Waals surface area contributed by atoms with Crippen LogP contribution in [0.2, 0.25) is 0 Å². The number of nitrogens with one attached hydrogen (secondary N) is 1. The van der Waals surface area contributed by atoms with E-state index in [2.05, 4.69) is 4.72 Å². The molecule has 0 aliphatic heterocycles. The monoisotopic (exact) mass is 325 g/mol. The molecule has 0 saturated heterocycles. The Hall–Kier alpha value is -2.12. The van der Waals surface area contributed by atoms with Gasteiger partial charge in [-0.1, -0.05) is 6.07 Å². The molecule has 5 nitrogen and oxygen atoms in total. The zero-order valence-corrected chi connectivity index (χ0v) is 13.0. The Morgan fingerprint density at radius 2 is 1.86 bits per heavy atom. The number of hydrogen-bond donors (Lipinski definition) is 1. The van der Waals surface area contributed by atoms with E-state index >= 15 is 0 Å². The van der Waals surface area contributed by atoms with Crippen molar-refractivity contribution >= 4 is 10.0 Å². The Balaban J connectivity index is 2.22. The van der Waals surface area contributed by atoms with Crippen molar-refractivity contribution in [3.8, 4) is 11.5 Å². The van der Waals surface area contributed by atoms with Gasteiger partial charge in [-0.05, 0) is 36.4 Å². The van der Waals surface area contributed by atoms with E-state index in [0.717, 1.165) is 6.07 Å². The van der Waals surface area contributed by atoms with Gasteiger partial charge in [0.15, 0.2) is 0 Å². The summed E-state index contributed by atoms with van der Waals surface area (Å²) in [6.45, 7) is -0.000774. The predicted octanol–water partition coefficient (Wildman–Crippen LogP) is 2.32. The van der Waals surface area contributed by atoms with Crippen molar-refractivity contribution in [1.29, 1.82) is 0 Å². The summed E-state index contributed by atoms with van der Waals surface area (Å²) < 4.78 is 50.2. The normalized spacial score (nSPS) is 11.2. The summed E-state index contributed by atoms with van der Waals surface area (Å²) in [5.74, 6) is 0.505. The average molecular weight is 325 g/mol. The number of ether oxygens (including phenoxy) is 2. The molecule has 0 bridgehead atoms. The van der Waals surface area contributed by atoms with Gasteiger partial charge in [0, 0.05) is 12.1 Å². The third-order valence-corrected chi connectivity index (χ3v) is 4.45. The van der Waals surface area contributed by atoms with E-state index in [4.69, 9.17) is 9.47 Å². The lowest BCUT2D eigenvalue weighted by Gasteiger charge is -2.12. The fourth-order valence-electron chi connectivity index (χ4n) is 1.91. The van der Waals surface area contributed by atoms with Gasteiger partial charge in [-0.25, -0.2) is 17.5 Å². The highest BCUT2D eigenvalue weighted by Gasteiger charge is 2.15. The molecule has 2 aromatic carbocycles. The molecule has 0 fully saturated rings. The van der Waals surface area contributed by atoms with Crippen LogP contribution in [0.15, 0.2) is 47.4 Å². The Kier molecular flexibility index (Phi) is 4.99. The summed E-state index contributed by atoms with van der Waals surface area (Å²) in [5.41, 5.74) is 0.613. The fraction of sp³-hybridized carbons (Fsp3) is 0.200. The van der Waals surface area contributed by atoms with Crippen LogP contribution in [-0.2, 0) is 16.6 Å². The minimum absolute atomic E-state index is 0.000774. The maximum atomic E-state index is 13.1. The number of halogens is 1. The Labute approximate surface area is 128 Å². The molecule has 0 atom stereocenters. The van der Waals surface area contributed by atoms with Gasteiger partial charge in [-0.15, -0.1) is 0 Å². The molecule has 0 unspecified atom stereocenters. The molecule has 0 amide bonds. The Morgan fingerprint density at radius 1 is 1.09 bits per heavy atom. The van der Waals surface area contributed by atoms with Crippen molar-refractivity contribution in [3.05, 3.63) is 53.8 Å². The highest BCUT2D eigenvalue weighted by molar-refractivity contribution is 7.89. The van der Waals surface area contributed by atoms with E-state index in [-0.39, 0.29) is 11.4 Å². The van der Waals surface area contributed by atoms with E-state index in [1.54, 1.807) is 18.2 Å². The number of rotatable bonds is 6. The standard InChI is InChI=1S/C15H16FNO4S/c1-20-13-6-7-15(21-2)11(8-13)10-17-22(18,19)14-5-3-4-12(16)9-14/h3-9,17H,10H2,1-2H3. The first kappa shape index (κ1) is 16.3. The molecule has 0 radical (unpaired) electrons. The highest BCUT2D eigenvalue weighted by atomic mass is 32.2. The molecule has 22 heavy (non-hydrogen) atoms. The lowest BCUT2D eigenvalue weighted by molar-refractivity contribution is 0.398. The van der Waals surface area contributed by atoms with Gasteiger partial charge in [-0.2, -0.15) is 0 Å². The maximum absolute atomic E-state index is 13.1. The molecule has 0 aliphatic rings. The zero-order chi connectivity index (χ0) is 16.2. The maximum Gasteiger partial charge on any atom is 0.240 e. The highest BCUT2D eigenvalue weighted by Crippen LogP contribution is 2.24. The Morgan fingerprint density at radius 3 is 2.50 bits per heavy atom. The van der Waals surface area contributed by atoms with Crippen LogP contribution in [0.3, 0.4) is 0 Å². The molecule has 2 aromatic rings. The van der Waals surface area contributed by atoms with Gasteiger partial charge in [0.25, 0.3) is 0 Å². The molecular weight excluding hydrogens is 309 g/mol. The molecule has 0 spiro atoms. The van der Waals surface area contributed by atoms with E-state index < -0.39 is 15.8 Å². The van der Waals surface area contributed by atoms with Crippen molar-refractivity contribution in [2.75, 3.05) is 14.2 Å². The van der Waals surface area contributed by atoms with Crippen molar-refractivity contribution in [1.82, 2.24) is 4.72 Å². The summed E-state index contributed by atoms with van der Waals surface area (Å²) in [4.78, 5) is -0.130. The van der Waals surface area contributed by atoms with Crippen LogP contribution < -0.4 is 14.2 Å². The summed E-state index contributed by atoms with van der Waals surface area (Å²) in [7, 11) is -0.803. The van der Waals surface area contributed by atoms with Crippen LogP contribution in [0.25, 0.3) is 0 Å². The minimum Gasteiger partial charge on any atom is -0.497 e. The molecule has 0 heterocycles. The third kappa shape index (κ3) is 3.75. The SMILES string of the molecule is COc1ccc(OC)c(CNS(=O)(=O)c2cccc(F)c2)c1. The fourth-order valence-corrected chi connectivity index (χ4v) is 2.95. The van der Waals surface area contributed by atoms with E-state index in [1.165, 1.54) is 32.4 Å². The third-order valence-electron chi connectivity index (χ3n) is 3.05. The van der Waals surface area contributed by atoms with Gasteiger partial charge in [0.2, 0.25) is 10.0 Å². The lowest BCUT2D eigenvalue weighted by Crippen LogP contribution is -2.23. The molecule has 0 aromatic heterocycles. The zero-order valence-electron chi connectivity index (χ0n) is 12.2. The summed E-state index contributed by atoms with van der Waals surface area (Å²) >= 11 is 0. The summed E-state index contributed by atoms with van der Waals surface area (Å²) in [6, 6.07) is 9.89. The molecule has 1 N–H and O–H groups in total. The van der Waals surface area contributed by atoms with Crippen LogP contribution in [0, 0.1) is 5.82 Å². The first-order valence-corrected chi connectivity index (χ1v) is 7.90. The van der Waals surface area contributed by atoms with Crippen LogP contribution in [-0.4, -0.2) is 22.6 Å². The van der Waals surface area contributed by atoms with Crippen LogP contribution >= 0.6 is 0 Å².